The molecule has 1 aromatic carbocycles. The molecule has 0 unspecified atom stereocenters. The molecule has 13 heteroatoms. The summed E-state index contributed by atoms with van der Waals surface area (Å²) >= 11 is 11.5. The quantitative estimate of drug-likeness (QED) is 0.673. The Labute approximate surface area is 171 Å². The lowest BCUT2D eigenvalue weighted by Gasteiger charge is -2.26. The molecule has 0 amide bonds. The van der Waals surface area contributed by atoms with Gasteiger partial charge < -0.3 is 4.74 Å². The van der Waals surface area contributed by atoms with Crippen LogP contribution in [0.3, 0.4) is 0 Å². The molecule has 2 heterocycles. The molecule has 152 valence electrons. The van der Waals surface area contributed by atoms with E-state index in [1.54, 1.807) is 0 Å². The Bertz CT molecular complexity index is 1110. The highest BCUT2D eigenvalue weighted by Gasteiger charge is 2.30. The van der Waals surface area contributed by atoms with Crippen molar-refractivity contribution in [2.75, 3.05) is 31.0 Å². The molecule has 1 aliphatic rings. The van der Waals surface area contributed by atoms with Gasteiger partial charge in [0, 0.05) is 13.1 Å². The third kappa shape index (κ3) is 4.39. The molecule has 0 aliphatic carbocycles. The maximum Gasteiger partial charge on any atom is 0.264 e. The van der Waals surface area contributed by atoms with Gasteiger partial charge in [0.05, 0.1) is 18.9 Å². The Balaban J connectivity index is 1.95. The fourth-order valence-corrected chi connectivity index (χ4v) is 5.71. The molecule has 0 atom stereocenters. The van der Waals surface area contributed by atoms with E-state index in [1.165, 1.54) is 6.07 Å². The molecule has 1 aliphatic heterocycles. The second-order valence-electron chi connectivity index (χ2n) is 5.69. The van der Waals surface area contributed by atoms with E-state index in [9.17, 15) is 21.2 Å². The fraction of sp³-hybridized carbons (Fsp3) is 0.267. The lowest BCUT2D eigenvalue weighted by atomic mass is 10.3. The average Bonchev–Trinajstić information content (AvgIpc) is 2.63. The van der Waals surface area contributed by atoms with Crippen molar-refractivity contribution in [2.24, 2.45) is 0 Å². The third-order valence-corrected chi connectivity index (χ3v) is 7.78. The van der Waals surface area contributed by atoms with Crippen LogP contribution in [-0.4, -0.2) is 52.4 Å². The molecule has 0 saturated carbocycles. The van der Waals surface area contributed by atoms with Crippen molar-refractivity contribution in [2.45, 2.75) is 9.79 Å². The third-order valence-electron chi connectivity index (χ3n) is 3.84. The van der Waals surface area contributed by atoms with E-state index in [4.69, 9.17) is 27.9 Å². The molecule has 1 N–H and O–H groups in total. The number of nitrogens with one attached hydrogen (secondary N) is 1. The van der Waals surface area contributed by atoms with Crippen LogP contribution >= 0.6 is 23.2 Å². The van der Waals surface area contributed by atoms with Crippen molar-refractivity contribution in [3.8, 4) is 0 Å². The van der Waals surface area contributed by atoms with E-state index in [2.05, 4.69) is 9.71 Å². The van der Waals surface area contributed by atoms with Crippen LogP contribution in [-0.2, 0) is 24.8 Å². The van der Waals surface area contributed by atoms with Gasteiger partial charge in [0.15, 0.2) is 5.15 Å². The van der Waals surface area contributed by atoms with Gasteiger partial charge in [-0.1, -0.05) is 23.2 Å². The number of sulfonamides is 2. The van der Waals surface area contributed by atoms with Gasteiger partial charge >= 0.3 is 0 Å². The number of hydrogen-bond donors (Lipinski definition) is 1. The highest BCUT2D eigenvalue weighted by Crippen LogP contribution is 2.27. The molecule has 1 fully saturated rings. The Kier molecular flexibility index (Phi) is 6.13. The average molecular weight is 470 g/mol. The summed E-state index contributed by atoms with van der Waals surface area (Å²) in [6.07, 6.45) is 0. The first-order chi connectivity index (χ1) is 13.1. The lowest BCUT2D eigenvalue weighted by Crippen LogP contribution is -2.40. The summed E-state index contributed by atoms with van der Waals surface area (Å²) in [6, 6.07) is 5.26. The number of halogens is 3. The minimum Gasteiger partial charge on any atom is -0.379 e. The molecular formula is C15H14Cl2FN3O5S2. The highest BCUT2D eigenvalue weighted by molar-refractivity contribution is 7.92. The molecule has 1 aromatic heterocycles. The topological polar surface area (TPSA) is 106 Å². The normalized spacial score (nSPS) is 16.1. The van der Waals surface area contributed by atoms with Crippen LogP contribution in [0.5, 0.6) is 0 Å². The predicted molar refractivity (Wildman–Crippen MR) is 101 cm³/mol. The number of pyridine rings is 1. The van der Waals surface area contributed by atoms with Crippen molar-refractivity contribution >= 4 is 48.9 Å². The van der Waals surface area contributed by atoms with Gasteiger partial charge in [0.1, 0.15) is 20.8 Å². The van der Waals surface area contributed by atoms with Crippen LogP contribution in [0.15, 0.2) is 40.1 Å². The maximum absolute atomic E-state index is 14.2. The number of anilines is 1. The Morgan fingerprint density at radius 3 is 2.36 bits per heavy atom. The summed E-state index contributed by atoms with van der Waals surface area (Å²) in [5.74, 6) is -0.999. The first kappa shape index (κ1) is 21.2. The van der Waals surface area contributed by atoms with Crippen molar-refractivity contribution in [1.29, 1.82) is 0 Å². The Morgan fingerprint density at radius 2 is 1.71 bits per heavy atom. The first-order valence-electron chi connectivity index (χ1n) is 7.83. The second kappa shape index (κ2) is 8.09. The monoisotopic (exact) mass is 469 g/mol. The lowest BCUT2D eigenvalue weighted by molar-refractivity contribution is 0.0729. The minimum atomic E-state index is -4.21. The van der Waals surface area contributed by atoms with Gasteiger partial charge in [0.25, 0.3) is 10.0 Å². The van der Waals surface area contributed by atoms with Gasteiger partial charge in [-0.25, -0.2) is 26.2 Å². The minimum absolute atomic E-state index is 0.00428. The number of aromatic nitrogens is 1. The molecule has 28 heavy (non-hydrogen) atoms. The summed E-state index contributed by atoms with van der Waals surface area (Å²) in [5.41, 5.74) is -0.153. The van der Waals surface area contributed by atoms with Crippen molar-refractivity contribution in [1.82, 2.24) is 9.29 Å². The van der Waals surface area contributed by atoms with Gasteiger partial charge in [-0.05, 0) is 30.3 Å². The smallest absolute Gasteiger partial charge is 0.264 e. The Hall–Kier alpha value is -1.50. The highest BCUT2D eigenvalue weighted by atomic mass is 35.5. The van der Waals surface area contributed by atoms with Crippen molar-refractivity contribution in [3.05, 3.63) is 46.5 Å². The van der Waals surface area contributed by atoms with Crippen LogP contribution in [0.4, 0.5) is 10.1 Å². The number of benzene rings is 1. The van der Waals surface area contributed by atoms with Crippen LogP contribution in [0.25, 0.3) is 0 Å². The molecule has 0 radical (unpaired) electrons. The number of nitrogens with zero attached hydrogens (tertiary/aromatic N) is 2. The van der Waals surface area contributed by atoms with Crippen LogP contribution < -0.4 is 4.72 Å². The zero-order valence-electron chi connectivity index (χ0n) is 14.1. The summed E-state index contributed by atoms with van der Waals surface area (Å²) in [5, 5.41) is -0.354. The zero-order valence-corrected chi connectivity index (χ0v) is 17.2. The largest absolute Gasteiger partial charge is 0.379 e. The fourth-order valence-electron chi connectivity index (χ4n) is 2.50. The molecule has 0 bridgehead atoms. The molecule has 2 aromatic rings. The molecule has 1 saturated heterocycles. The van der Waals surface area contributed by atoms with E-state index in [0.717, 1.165) is 28.6 Å². The predicted octanol–water partition coefficient (Wildman–Crippen LogP) is 2.35. The first-order valence-corrected chi connectivity index (χ1v) is 11.5. The molecular weight excluding hydrogens is 456 g/mol. The van der Waals surface area contributed by atoms with Gasteiger partial charge in [-0.2, -0.15) is 4.31 Å². The van der Waals surface area contributed by atoms with Crippen LogP contribution in [0.2, 0.25) is 10.3 Å². The number of hydrogen-bond acceptors (Lipinski definition) is 6. The SMILES string of the molecule is O=S(=O)(Nc1ccc(F)c(S(=O)(=O)N2CCOCC2)c1)c1ccc(Cl)nc1Cl. The summed E-state index contributed by atoms with van der Waals surface area (Å²) in [6.45, 7) is 0.526. The van der Waals surface area contributed by atoms with Crippen LogP contribution in [0.1, 0.15) is 0 Å². The summed E-state index contributed by atoms with van der Waals surface area (Å²) in [7, 11) is -8.38. The van der Waals surface area contributed by atoms with Crippen molar-refractivity contribution < 1.29 is 26.0 Å². The summed E-state index contributed by atoms with van der Waals surface area (Å²) < 4.78 is 73.0. The van der Waals surface area contributed by atoms with E-state index in [1.807, 2.05) is 0 Å². The molecule has 0 spiro atoms. The summed E-state index contributed by atoms with van der Waals surface area (Å²) in [4.78, 5) is 2.65. The number of rotatable bonds is 5. The van der Waals surface area contributed by atoms with Crippen molar-refractivity contribution in [3.63, 3.8) is 0 Å². The maximum atomic E-state index is 14.2. The number of ether oxygens (including phenoxy) is 1. The molecule has 3 rings (SSSR count). The van der Waals surface area contributed by atoms with E-state index in [0.29, 0.717) is 0 Å². The van der Waals surface area contributed by atoms with Gasteiger partial charge in [0.2, 0.25) is 10.0 Å². The van der Waals surface area contributed by atoms with Gasteiger partial charge in [-0.15, -0.1) is 0 Å². The van der Waals surface area contributed by atoms with E-state index in [-0.39, 0.29) is 47.2 Å². The Morgan fingerprint density at radius 1 is 1.04 bits per heavy atom. The second-order valence-corrected chi connectivity index (χ2v) is 9.99. The van der Waals surface area contributed by atoms with Crippen LogP contribution in [0, 0.1) is 5.82 Å². The van der Waals surface area contributed by atoms with E-state index >= 15 is 0 Å². The standard InChI is InChI=1S/C15H14Cl2FN3O5S2/c16-14-4-3-12(15(17)19-14)27(22,23)20-10-1-2-11(18)13(9-10)28(24,25)21-5-7-26-8-6-21/h1-4,9,20H,5-8H2. The van der Waals surface area contributed by atoms with E-state index < -0.39 is 30.8 Å². The zero-order chi connectivity index (χ0) is 20.5. The molecule has 8 nitrogen and oxygen atoms in total. The van der Waals surface area contributed by atoms with Gasteiger partial charge in [-0.3, -0.25) is 4.72 Å². The number of morpholine rings is 1.